The monoisotopic (exact) mass is 480 g/mol. The van der Waals surface area contributed by atoms with Crippen molar-refractivity contribution in [2.45, 2.75) is 42.9 Å². The molecule has 1 atom stereocenters. The summed E-state index contributed by atoms with van der Waals surface area (Å²) in [5.41, 5.74) is -3.08. The molecule has 0 bridgehead atoms. The van der Waals surface area contributed by atoms with Crippen molar-refractivity contribution in [3.63, 3.8) is 0 Å². The predicted molar refractivity (Wildman–Crippen MR) is 74.2 cm³/mol. The van der Waals surface area contributed by atoms with Crippen LogP contribution in [0.15, 0.2) is 24.3 Å². The minimum atomic E-state index is -6.97. The number of aliphatic hydroxyl groups is 1. The first-order chi connectivity index (χ1) is 10.5. The first-order valence-electron chi connectivity index (χ1n) is 6.15. The first kappa shape index (κ1) is 21.3. The van der Waals surface area contributed by atoms with Crippen LogP contribution in [0, 0.1) is 3.57 Å². The SMILES string of the molecule is CC(O)(CC(F)(F)C(F)(F)C(F)(F)C(F)(F)F)c1ccccc1I. The Hall–Kier alpha value is -0.720. The van der Waals surface area contributed by atoms with E-state index in [0.717, 1.165) is 6.07 Å². The number of rotatable bonds is 5. The molecule has 0 fully saturated rings. The van der Waals surface area contributed by atoms with Crippen molar-refractivity contribution in [2.75, 3.05) is 0 Å². The summed E-state index contributed by atoms with van der Waals surface area (Å²) in [6.07, 6.45) is -9.22. The van der Waals surface area contributed by atoms with Gasteiger partial charge in [-0.05, 0) is 41.1 Å². The van der Waals surface area contributed by atoms with Crippen molar-refractivity contribution in [3.05, 3.63) is 33.4 Å². The van der Waals surface area contributed by atoms with Crippen LogP contribution < -0.4 is 0 Å². The quantitative estimate of drug-likeness (QED) is 0.445. The van der Waals surface area contributed by atoms with Crippen LogP contribution in [0.2, 0.25) is 0 Å². The molecular weight excluding hydrogens is 470 g/mol. The minimum Gasteiger partial charge on any atom is -0.385 e. The molecule has 0 aliphatic heterocycles. The van der Waals surface area contributed by atoms with Crippen LogP contribution in [0.25, 0.3) is 0 Å². The largest absolute Gasteiger partial charge is 0.460 e. The van der Waals surface area contributed by atoms with Crippen molar-refractivity contribution in [3.8, 4) is 0 Å². The molecule has 0 aliphatic rings. The zero-order chi connectivity index (χ0) is 19.2. The Morgan fingerprint density at radius 1 is 0.875 bits per heavy atom. The van der Waals surface area contributed by atoms with Gasteiger partial charge in [-0.2, -0.15) is 39.5 Å². The first-order valence-corrected chi connectivity index (χ1v) is 7.23. The third kappa shape index (κ3) is 3.60. The van der Waals surface area contributed by atoms with Gasteiger partial charge in [0.15, 0.2) is 0 Å². The fraction of sp³-hybridized carbons (Fsp3) is 0.538. The van der Waals surface area contributed by atoms with E-state index in [9.17, 15) is 44.6 Å². The number of halogens is 10. The number of benzene rings is 1. The summed E-state index contributed by atoms with van der Waals surface area (Å²) in [6, 6.07) is 5.06. The Kier molecular flexibility index (Phi) is 5.52. The van der Waals surface area contributed by atoms with Gasteiger partial charge < -0.3 is 5.11 Å². The zero-order valence-electron chi connectivity index (χ0n) is 11.7. The van der Waals surface area contributed by atoms with Crippen molar-refractivity contribution in [2.24, 2.45) is 0 Å². The van der Waals surface area contributed by atoms with E-state index >= 15 is 0 Å². The molecule has 11 heteroatoms. The average molecular weight is 480 g/mol. The van der Waals surface area contributed by atoms with Gasteiger partial charge in [0, 0.05) is 3.57 Å². The topological polar surface area (TPSA) is 20.2 Å². The van der Waals surface area contributed by atoms with Gasteiger partial charge in [0.1, 0.15) is 0 Å². The molecule has 1 N–H and O–H groups in total. The van der Waals surface area contributed by atoms with E-state index in [-0.39, 0.29) is 9.13 Å². The predicted octanol–water partition coefficient (Wildman–Crippen LogP) is 5.36. The number of alkyl halides is 9. The maximum atomic E-state index is 13.6. The van der Waals surface area contributed by atoms with Gasteiger partial charge in [-0.25, -0.2) is 0 Å². The van der Waals surface area contributed by atoms with Gasteiger partial charge in [0.25, 0.3) is 0 Å². The van der Waals surface area contributed by atoms with Gasteiger partial charge in [-0.15, -0.1) is 0 Å². The molecule has 24 heavy (non-hydrogen) atoms. The van der Waals surface area contributed by atoms with Crippen molar-refractivity contribution in [1.29, 1.82) is 0 Å². The van der Waals surface area contributed by atoms with Gasteiger partial charge >= 0.3 is 23.9 Å². The summed E-state index contributed by atoms with van der Waals surface area (Å²) >= 11 is 1.57. The lowest BCUT2D eigenvalue weighted by atomic mass is 9.86. The molecule has 0 aliphatic carbocycles. The Bertz CT molecular complexity index is 595. The van der Waals surface area contributed by atoms with Crippen LogP contribution in [-0.2, 0) is 5.60 Å². The summed E-state index contributed by atoms with van der Waals surface area (Å²) in [5, 5.41) is 9.99. The van der Waals surface area contributed by atoms with E-state index in [0.29, 0.717) is 6.92 Å². The second-order valence-corrected chi connectivity index (χ2v) is 6.44. The van der Waals surface area contributed by atoms with Gasteiger partial charge in [-0.1, -0.05) is 18.2 Å². The summed E-state index contributed by atoms with van der Waals surface area (Å²) in [7, 11) is 0. The molecule has 1 aromatic carbocycles. The molecule has 0 heterocycles. The highest BCUT2D eigenvalue weighted by atomic mass is 127. The van der Waals surface area contributed by atoms with Crippen molar-refractivity contribution < 1.29 is 44.6 Å². The van der Waals surface area contributed by atoms with Crippen LogP contribution >= 0.6 is 22.6 Å². The standard InChI is InChI=1S/C13H10F9IO/c1-9(24,7-4-2-3-5-8(7)23)6-10(14,15)11(16,17)12(18,19)13(20,21)22/h2-5,24H,6H2,1H3. The van der Waals surface area contributed by atoms with E-state index < -0.39 is 36.0 Å². The van der Waals surface area contributed by atoms with Gasteiger partial charge in [-0.3, -0.25) is 0 Å². The summed E-state index contributed by atoms with van der Waals surface area (Å²) in [6.45, 7) is 0.625. The minimum absolute atomic E-state index is 0.141. The maximum absolute atomic E-state index is 13.6. The summed E-state index contributed by atoms with van der Waals surface area (Å²) in [5.74, 6) is -19.6. The smallest absolute Gasteiger partial charge is 0.385 e. The Morgan fingerprint density at radius 2 is 1.33 bits per heavy atom. The lowest BCUT2D eigenvalue weighted by molar-refractivity contribution is -0.400. The molecular formula is C13H10F9IO. The molecule has 0 aromatic heterocycles. The van der Waals surface area contributed by atoms with Crippen LogP contribution in [0.4, 0.5) is 39.5 Å². The maximum Gasteiger partial charge on any atom is 0.460 e. The lowest BCUT2D eigenvalue weighted by Crippen LogP contribution is -2.62. The highest BCUT2D eigenvalue weighted by Crippen LogP contribution is 2.55. The van der Waals surface area contributed by atoms with Crippen molar-refractivity contribution >= 4 is 22.6 Å². The molecule has 0 saturated heterocycles. The van der Waals surface area contributed by atoms with E-state index in [2.05, 4.69) is 0 Å². The molecule has 138 valence electrons. The number of hydrogen-bond acceptors (Lipinski definition) is 1. The summed E-state index contributed by atoms with van der Waals surface area (Å²) < 4.78 is 116. The van der Waals surface area contributed by atoms with Crippen LogP contribution in [0.1, 0.15) is 18.9 Å². The van der Waals surface area contributed by atoms with E-state index in [1.54, 1.807) is 22.6 Å². The molecule has 0 amide bonds. The second kappa shape index (κ2) is 6.22. The normalized spacial score (nSPS) is 16.8. The molecule has 1 rings (SSSR count). The third-order valence-corrected chi connectivity index (χ3v) is 4.17. The van der Waals surface area contributed by atoms with Crippen LogP contribution in [0.5, 0.6) is 0 Å². The van der Waals surface area contributed by atoms with Gasteiger partial charge in [0.2, 0.25) is 0 Å². The highest BCUT2D eigenvalue weighted by molar-refractivity contribution is 14.1. The molecule has 0 spiro atoms. The lowest BCUT2D eigenvalue weighted by Gasteiger charge is -2.37. The van der Waals surface area contributed by atoms with Crippen LogP contribution in [0.3, 0.4) is 0 Å². The van der Waals surface area contributed by atoms with E-state index in [1.807, 2.05) is 0 Å². The summed E-state index contributed by atoms with van der Waals surface area (Å²) in [4.78, 5) is 0. The Morgan fingerprint density at radius 3 is 1.75 bits per heavy atom. The van der Waals surface area contributed by atoms with Gasteiger partial charge in [0.05, 0.1) is 12.0 Å². The number of hydrogen-bond donors (Lipinski definition) is 1. The Labute approximate surface area is 144 Å². The van der Waals surface area contributed by atoms with Crippen LogP contribution in [-0.4, -0.2) is 29.1 Å². The molecule has 1 nitrogen and oxygen atoms in total. The highest BCUT2D eigenvalue weighted by Gasteiger charge is 2.81. The van der Waals surface area contributed by atoms with E-state index in [4.69, 9.17) is 0 Å². The average Bonchev–Trinajstić information content (AvgIpc) is 2.35. The molecule has 0 radical (unpaired) electrons. The third-order valence-electron chi connectivity index (χ3n) is 3.23. The zero-order valence-corrected chi connectivity index (χ0v) is 13.9. The molecule has 1 unspecified atom stereocenters. The molecule has 0 saturated carbocycles. The van der Waals surface area contributed by atoms with E-state index in [1.165, 1.54) is 18.2 Å². The second-order valence-electron chi connectivity index (χ2n) is 5.28. The fourth-order valence-electron chi connectivity index (χ4n) is 1.94. The fourth-order valence-corrected chi connectivity index (χ4v) is 2.91. The molecule has 1 aromatic rings. The van der Waals surface area contributed by atoms with Crippen molar-refractivity contribution in [1.82, 2.24) is 0 Å². The Balaban J connectivity index is 3.27.